The van der Waals surface area contributed by atoms with Crippen molar-refractivity contribution in [2.75, 3.05) is 18.5 Å². The van der Waals surface area contributed by atoms with Crippen LogP contribution < -0.4 is 10.1 Å². The minimum atomic E-state index is -4.51. The normalized spacial score (nSPS) is 11.3. The highest BCUT2D eigenvalue weighted by molar-refractivity contribution is 5.58. The molecule has 118 valence electrons. The Kier molecular flexibility index (Phi) is 4.81. The number of rotatable bonds is 5. The van der Waals surface area contributed by atoms with Crippen molar-refractivity contribution in [1.29, 1.82) is 0 Å². The monoisotopic (exact) mass is 313 g/mol. The van der Waals surface area contributed by atoms with E-state index in [-0.39, 0.29) is 19.0 Å². The zero-order valence-corrected chi connectivity index (χ0v) is 11.7. The van der Waals surface area contributed by atoms with E-state index < -0.39 is 11.9 Å². The second kappa shape index (κ2) is 6.61. The van der Waals surface area contributed by atoms with Crippen LogP contribution in [0.15, 0.2) is 30.3 Å². The van der Waals surface area contributed by atoms with Crippen molar-refractivity contribution in [3.63, 3.8) is 0 Å². The second-order valence-electron chi connectivity index (χ2n) is 4.48. The van der Waals surface area contributed by atoms with Crippen molar-refractivity contribution >= 4 is 11.5 Å². The fourth-order valence-electron chi connectivity index (χ4n) is 1.74. The number of ether oxygens (including phenoxy) is 1. The molecule has 2 aromatic rings. The Morgan fingerprint density at radius 1 is 1.18 bits per heavy atom. The summed E-state index contributed by atoms with van der Waals surface area (Å²) >= 11 is 0. The molecule has 0 spiro atoms. The summed E-state index contributed by atoms with van der Waals surface area (Å²) in [6, 6.07) is 7.22. The van der Waals surface area contributed by atoms with Crippen molar-refractivity contribution < 1.29 is 23.0 Å². The van der Waals surface area contributed by atoms with E-state index in [0.717, 1.165) is 11.6 Å². The summed E-state index contributed by atoms with van der Waals surface area (Å²) in [7, 11) is 0. The highest BCUT2D eigenvalue weighted by Crippen LogP contribution is 2.28. The smallest absolute Gasteiger partial charge is 0.435 e. The highest BCUT2D eigenvalue weighted by atomic mass is 19.4. The first-order valence-corrected chi connectivity index (χ1v) is 6.42. The molecule has 0 aliphatic heterocycles. The van der Waals surface area contributed by atoms with Crippen LogP contribution in [0.3, 0.4) is 0 Å². The number of alkyl halides is 3. The maximum absolute atomic E-state index is 12.4. The molecule has 0 fully saturated rings. The Morgan fingerprint density at radius 3 is 2.50 bits per heavy atom. The molecule has 0 saturated carbocycles. The molecule has 5 nitrogen and oxygen atoms in total. The van der Waals surface area contributed by atoms with E-state index in [1.807, 2.05) is 6.92 Å². The minimum absolute atomic E-state index is 0.0828. The molecule has 1 aromatic heterocycles. The average Bonchev–Trinajstić information content (AvgIpc) is 2.46. The first-order chi connectivity index (χ1) is 10.4. The lowest BCUT2D eigenvalue weighted by molar-refractivity contribution is -0.141. The summed E-state index contributed by atoms with van der Waals surface area (Å²) in [6.45, 7) is 1.93. The highest BCUT2D eigenvalue weighted by Gasteiger charge is 2.32. The van der Waals surface area contributed by atoms with Gasteiger partial charge >= 0.3 is 6.18 Å². The Balaban J connectivity index is 2.09. The molecule has 1 aromatic carbocycles. The number of anilines is 2. The van der Waals surface area contributed by atoms with Crippen LogP contribution in [0.4, 0.5) is 24.7 Å². The number of aliphatic hydroxyl groups is 1. The Labute approximate surface area is 124 Å². The van der Waals surface area contributed by atoms with Gasteiger partial charge in [0.1, 0.15) is 12.4 Å². The molecule has 0 atom stereocenters. The SMILES string of the molecule is Cc1cc(Nc2ccc(C(F)(F)F)nn2)ccc1OCCO. The van der Waals surface area contributed by atoms with Crippen molar-refractivity contribution in [2.24, 2.45) is 0 Å². The van der Waals surface area contributed by atoms with Gasteiger partial charge < -0.3 is 15.2 Å². The van der Waals surface area contributed by atoms with Crippen LogP contribution in [0, 0.1) is 6.92 Å². The molecule has 0 radical (unpaired) electrons. The predicted molar refractivity (Wildman–Crippen MR) is 74.1 cm³/mol. The zero-order valence-electron chi connectivity index (χ0n) is 11.7. The molecule has 0 bridgehead atoms. The van der Waals surface area contributed by atoms with Crippen LogP contribution >= 0.6 is 0 Å². The fourth-order valence-corrected chi connectivity index (χ4v) is 1.74. The van der Waals surface area contributed by atoms with Gasteiger partial charge in [-0.25, -0.2) is 0 Å². The molecule has 0 unspecified atom stereocenters. The van der Waals surface area contributed by atoms with E-state index in [1.54, 1.807) is 18.2 Å². The van der Waals surface area contributed by atoms with E-state index in [1.165, 1.54) is 6.07 Å². The molecule has 0 amide bonds. The largest absolute Gasteiger partial charge is 0.491 e. The average molecular weight is 313 g/mol. The minimum Gasteiger partial charge on any atom is -0.491 e. The van der Waals surface area contributed by atoms with Gasteiger partial charge in [0, 0.05) is 5.69 Å². The zero-order chi connectivity index (χ0) is 16.2. The van der Waals surface area contributed by atoms with Gasteiger partial charge in [0.05, 0.1) is 6.61 Å². The second-order valence-corrected chi connectivity index (χ2v) is 4.48. The molecule has 1 heterocycles. The van der Waals surface area contributed by atoms with Crippen molar-refractivity contribution in [3.05, 3.63) is 41.6 Å². The molecular formula is C14H14F3N3O2. The first-order valence-electron chi connectivity index (χ1n) is 6.42. The lowest BCUT2D eigenvalue weighted by Crippen LogP contribution is -2.09. The molecule has 2 rings (SSSR count). The molecule has 0 aliphatic carbocycles. The summed E-state index contributed by atoms with van der Waals surface area (Å²) in [5.74, 6) is 0.828. The van der Waals surface area contributed by atoms with E-state index in [2.05, 4.69) is 15.5 Å². The number of aromatic nitrogens is 2. The van der Waals surface area contributed by atoms with Crippen LogP contribution in [-0.2, 0) is 6.18 Å². The number of hydrogen-bond acceptors (Lipinski definition) is 5. The standard InChI is InChI=1S/C14H14F3N3O2/c1-9-8-10(2-3-11(9)22-7-6-21)18-13-5-4-12(19-20-13)14(15,16)17/h2-5,8,21H,6-7H2,1H3,(H,18,20). The summed E-state index contributed by atoms with van der Waals surface area (Å²) in [4.78, 5) is 0. The van der Waals surface area contributed by atoms with Gasteiger partial charge in [-0.2, -0.15) is 13.2 Å². The third kappa shape index (κ3) is 4.08. The summed E-state index contributed by atoms with van der Waals surface area (Å²) < 4.78 is 42.5. The Morgan fingerprint density at radius 2 is 1.95 bits per heavy atom. The van der Waals surface area contributed by atoms with Crippen molar-refractivity contribution in [3.8, 4) is 5.75 Å². The Bertz CT molecular complexity index is 630. The van der Waals surface area contributed by atoms with E-state index in [0.29, 0.717) is 11.4 Å². The lowest BCUT2D eigenvalue weighted by atomic mass is 10.2. The number of halogens is 3. The van der Waals surface area contributed by atoms with Crippen molar-refractivity contribution in [2.45, 2.75) is 13.1 Å². The van der Waals surface area contributed by atoms with Gasteiger partial charge in [-0.3, -0.25) is 0 Å². The number of nitrogens with one attached hydrogen (secondary N) is 1. The van der Waals surface area contributed by atoms with Gasteiger partial charge in [0.25, 0.3) is 0 Å². The number of nitrogens with zero attached hydrogens (tertiary/aromatic N) is 2. The third-order valence-electron chi connectivity index (χ3n) is 2.75. The topological polar surface area (TPSA) is 67.3 Å². The summed E-state index contributed by atoms with van der Waals surface area (Å²) in [5, 5.41) is 18.2. The first kappa shape index (κ1) is 16.0. The number of hydrogen-bond donors (Lipinski definition) is 2. The van der Waals surface area contributed by atoms with Crippen molar-refractivity contribution in [1.82, 2.24) is 10.2 Å². The fraction of sp³-hybridized carbons (Fsp3) is 0.286. The molecule has 0 saturated heterocycles. The third-order valence-corrected chi connectivity index (χ3v) is 2.75. The maximum Gasteiger partial charge on any atom is 0.435 e. The van der Waals surface area contributed by atoms with Crippen LogP contribution in [0.1, 0.15) is 11.3 Å². The Hall–Kier alpha value is -2.35. The van der Waals surface area contributed by atoms with Crippen LogP contribution in [0.5, 0.6) is 5.75 Å². The number of benzene rings is 1. The van der Waals surface area contributed by atoms with E-state index in [4.69, 9.17) is 9.84 Å². The van der Waals surface area contributed by atoms with E-state index >= 15 is 0 Å². The van der Waals surface area contributed by atoms with Gasteiger partial charge in [0.15, 0.2) is 11.5 Å². The quantitative estimate of drug-likeness (QED) is 0.888. The van der Waals surface area contributed by atoms with Crippen LogP contribution in [-0.4, -0.2) is 28.5 Å². The molecule has 22 heavy (non-hydrogen) atoms. The molecule has 8 heteroatoms. The number of aliphatic hydroxyl groups excluding tert-OH is 1. The van der Waals surface area contributed by atoms with Gasteiger partial charge in [-0.1, -0.05) is 0 Å². The van der Waals surface area contributed by atoms with Crippen LogP contribution in [0.2, 0.25) is 0 Å². The van der Waals surface area contributed by atoms with E-state index in [9.17, 15) is 13.2 Å². The van der Waals surface area contributed by atoms with Gasteiger partial charge in [0.2, 0.25) is 0 Å². The summed E-state index contributed by atoms with van der Waals surface area (Å²) in [6.07, 6.45) is -4.51. The molecule has 2 N–H and O–H groups in total. The maximum atomic E-state index is 12.4. The molecule has 0 aliphatic rings. The predicted octanol–water partition coefficient (Wildman–Crippen LogP) is 2.92. The molecular weight excluding hydrogens is 299 g/mol. The van der Waals surface area contributed by atoms with Gasteiger partial charge in [-0.15, -0.1) is 10.2 Å². The number of aryl methyl sites for hydroxylation is 1. The van der Waals surface area contributed by atoms with Gasteiger partial charge in [-0.05, 0) is 42.8 Å². The lowest BCUT2D eigenvalue weighted by Gasteiger charge is -2.11. The summed E-state index contributed by atoms with van der Waals surface area (Å²) in [5.41, 5.74) is 0.420. The van der Waals surface area contributed by atoms with Crippen LogP contribution in [0.25, 0.3) is 0 Å².